The molecule has 0 aliphatic carbocycles. The standard InChI is InChI=1S/C47H93NO3S2/c1-39(2)31-33-43(41(5)6)37-52-46(49)29-23-19-15-11-13-17-21-27-45(51-36-26-25-35-48(9)10)28-22-18-14-12-16-20-24-30-47(50)53-38-44(42(7)8)34-32-40(3)4/h39-45H,11-38H2,1-10H3. The maximum Gasteiger partial charge on any atom is 0.188 e. The minimum absolute atomic E-state index is 0.411. The lowest BCUT2D eigenvalue weighted by molar-refractivity contribution is -0.111. The van der Waals surface area contributed by atoms with Gasteiger partial charge in [0.15, 0.2) is 10.2 Å². The number of hydrogen-bond donors (Lipinski definition) is 0. The van der Waals surface area contributed by atoms with E-state index in [-0.39, 0.29) is 0 Å². The zero-order valence-electron chi connectivity index (χ0n) is 37.3. The van der Waals surface area contributed by atoms with Gasteiger partial charge in [-0.15, -0.1) is 0 Å². The van der Waals surface area contributed by atoms with Crippen LogP contribution in [0, 0.1) is 35.5 Å². The van der Waals surface area contributed by atoms with Crippen LogP contribution in [0.15, 0.2) is 0 Å². The molecule has 0 aliphatic rings. The first-order valence-corrected chi connectivity index (χ1v) is 24.9. The molecule has 0 rings (SSSR count). The molecule has 0 aromatic heterocycles. The lowest BCUT2D eigenvalue weighted by Crippen LogP contribution is -2.16. The molecule has 0 radical (unpaired) electrons. The van der Waals surface area contributed by atoms with Crippen molar-refractivity contribution in [2.45, 2.75) is 216 Å². The molecule has 0 bridgehead atoms. The van der Waals surface area contributed by atoms with Gasteiger partial charge in [0.2, 0.25) is 0 Å². The average Bonchev–Trinajstić information content (AvgIpc) is 3.08. The van der Waals surface area contributed by atoms with Crippen LogP contribution in [0.4, 0.5) is 0 Å². The molecule has 0 fully saturated rings. The number of hydrogen-bond acceptors (Lipinski definition) is 6. The monoisotopic (exact) mass is 784 g/mol. The Morgan fingerprint density at radius 3 is 1.21 bits per heavy atom. The Bertz CT molecular complexity index is 773. The van der Waals surface area contributed by atoms with Crippen LogP contribution in [0.1, 0.15) is 209 Å². The zero-order chi connectivity index (χ0) is 39.7. The molecule has 4 nitrogen and oxygen atoms in total. The largest absolute Gasteiger partial charge is 0.378 e. The van der Waals surface area contributed by atoms with Crippen molar-refractivity contribution in [3.05, 3.63) is 0 Å². The maximum absolute atomic E-state index is 12.5. The van der Waals surface area contributed by atoms with Crippen LogP contribution in [0.25, 0.3) is 0 Å². The van der Waals surface area contributed by atoms with Gasteiger partial charge in [-0.05, 0) is 108 Å². The quantitative estimate of drug-likeness (QED) is 0.0581. The summed E-state index contributed by atoms with van der Waals surface area (Å²) in [5.74, 6) is 6.17. The SMILES string of the molecule is CC(C)CCC(CSC(=O)CCCCCCCCCC(CCCCCCCCCC(=O)SCC(CCC(C)C)C(C)C)OCCCCN(C)C)C(C)C. The van der Waals surface area contributed by atoms with Gasteiger partial charge in [0.1, 0.15) is 0 Å². The molecule has 0 saturated carbocycles. The van der Waals surface area contributed by atoms with E-state index in [2.05, 4.69) is 74.4 Å². The van der Waals surface area contributed by atoms with Crippen molar-refractivity contribution in [3.63, 3.8) is 0 Å². The van der Waals surface area contributed by atoms with E-state index in [1.807, 2.05) is 0 Å². The number of thioether (sulfide) groups is 2. The Balaban J connectivity index is 4.12. The van der Waals surface area contributed by atoms with E-state index in [1.54, 1.807) is 23.5 Å². The molecule has 0 heterocycles. The summed E-state index contributed by atoms with van der Waals surface area (Å²) in [5, 5.41) is 0.821. The minimum atomic E-state index is 0.411. The van der Waals surface area contributed by atoms with Crippen LogP contribution < -0.4 is 0 Å². The molecule has 0 aromatic rings. The van der Waals surface area contributed by atoms with Crippen molar-refractivity contribution >= 4 is 33.8 Å². The lowest BCUT2D eigenvalue weighted by Gasteiger charge is -2.21. The average molecular weight is 784 g/mol. The highest BCUT2D eigenvalue weighted by Crippen LogP contribution is 2.27. The molecule has 53 heavy (non-hydrogen) atoms. The van der Waals surface area contributed by atoms with Crippen LogP contribution in [0.2, 0.25) is 0 Å². The third-order valence-corrected chi connectivity index (χ3v) is 13.4. The molecule has 0 saturated heterocycles. The summed E-state index contributed by atoms with van der Waals surface area (Å²) in [6, 6.07) is 0. The van der Waals surface area contributed by atoms with Gasteiger partial charge in [0.25, 0.3) is 0 Å². The van der Waals surface area contributed by atoms with Crippen molar-refractivity contribution in [1.82, 2.24) is 4.90 Å². The molecule has 0 N–H and O–H groups in total. The second-order valence-corrected chi connectivity index (χ2v) is 20.5. The van der Waals surface area contributed by atoms with Gasteiger partial charge in [0, 0.05) is 31.0 Å². The van der Waals surface area contributed by atoms with Crippen molar-refractivity contribution in [1.29, 1.82) is 0 Å². The first-order chi connectivity index (χ1) is 25.3. The Labute approximate surface area is 341 Å². The number of carbonyl (C=O) groups is 2. The van der Waals surface area contributed by atoms with Gasteiger partial charge in [-0.1, -0.05) is 169 Å². The summed E-state index contributed by atoms with van der Waals surface area (Å²) in [4.78, 5) is 27.2. The fourth-order valence-electron chi connectivity index (χ4n) is 7.00. The highest BCUT2D eigenvalue weighted by atomic mass is 32.2. The molecule has 0 spiro atoms. The zero-order valence-corrected chi connectivity index (χ0v) is 39.0. The normalized spacial score (nSPS) is 13.9. The molecule has 2 unspecified atom stereocenters. The fraction of sp³-hybridized carbons (Fsp3) is 0.957. The predicted octanol–water partition coefficient (Wildman–Crippen LogP) is 14.7. The summed E-state index contributed by atoms with van der Waals surface area (Å²) < 4.78 is 6.44. The van der Waals surface area contributed by atoms with E-state index in [0.29, 0.717) is 40.0 Å². The Morgan fingerprint density at radius 2 is 0.849 bits per heavy atom. The van der Waals surface area contributed by atoms with Gasteiger partial charge in [-0.2, -0.15) is 0 Å². The first kappa shape index (κ1) is 53.0. The number of nitrogens with zero attached hydrogens (tertiary/aromatic N) is 1. The van der Waals surface area contributed by atoms with Crippen LogP contribution >= 0.6 is 23.5 Å². The summed E-state index contributed by atoms with van der Waals surface area (Å²) in [5.41, 5.74) is 0. The van der Waals surface area contributed by atoms with E-state index < -0.39 is 0 Å². The summed E-state index contributed by atoms with van der Waals surface area (Å²) in [6.45, 7) is 20.5. The van der Waals surface area contributed by atoms with E-state index in [9.17, 15) is 9.59 Å². The molecular weight excluding hydrogens is 691 g/mol. The number of carbonyl (C=O) groups excluding carboxylic acids is 2. The molecular formula is C47H93NO3S2. The van der Waals surface area contributed by atoms with Crippen molar-refractivity contribution in [3.8, 4) is 0 Å². The third-order valence-electron chi connectivity index (χ3n) is 11.2. The fourth-order valence-corrected chi connectivity index (χ4v) is 9.48. The van der Waals surface area contributed by atoms with Crippen molar-refractivity contribution < 1.29 is 14.3 Å². The predicted molar refractivity (Wildman–Crippen MR) is 240 cm³/mol. The summed E-state index contributed by atoms with van der Waals surface area (Å²) in [6.07, 6.45) is 29.2. The summed E-state index contributed by atoms with van der Waals surface area (Å²) in [7, 11) is 4.30. The number of rotatable bonds is 38. The lowest BCUT2D eigenvalue weighted by atomic mass is 9.90. The van der Waals surface area contributed by atoms with Gasteiger partial charge in [0.05, 0.1) is 6.10 Å². The Hall–Kier alpha value is -0.0400. The van der Waals surface area contributed by atoms with E-state index in [1.165, 1.54) is 122 Å². The topological polar surface area (TPSA) is 46.6 Å². The van der Waals surface area contributed by atoms with Crippen molar-refractivity contribution in [2.75, 3.05) is 38.8 Å². The third kappa shape index (κ3) is 36.1. The van der Waals surface area contributed by atoms with Gasteiger partial charge in [-0.25, -0.2) is 0 Å². The Morgan fingerprint density at radius 1 is 0.472 bits per heavy atom. The van der Waals surface area contributed by atoms with Gasteiger partial charge >= 0.3 is 0 Å². The number of ether oxygens (including phenoxy) is 1. The van der Waals surface area contributed by atoms with Crippen LogP contribution in [-0.4, -0.2) is 60.0 Å². The molecule has 6 heteroatoms. The second-order valence-electron chi connectivity index (χ2n) is 18.3. The van der Waals surface area contributed by atoms with Gasteiger partial charge < -0.3 is 9.64 Å². The molecule has 0 aromatic carbocycles. The molecule has 0 amide bonds. The van der Waals surface area contributed by atoms with E-state index in [0.717, 1.165) is 68.6 Å². The van der Waals surface area contributed by atoms with E-state index in [4.69, 9.17) is 4.74 Å². The highest BCUT2D eigenvalue weighted by Gasteiger charge is 2.17. The number of unbranched alkanes of at least 4 members (excludes halogenated alkanes) is 13. The molecule has 2 atom stereocenters. The Kier molecular flexibility index (Phi) is 36.3. The van der Waals surface area contributed by atoms with Crippen LogP contribution in [0.5, 0.6) is 0 Å². The second kappa shape index (κ2) is 36.3. The highest BCUT2D eigenvalue weighted by molar-refractivity contribution is 8.13. The maximum atomic E-state index is 12.5. The molecule has 0 aliphatic heterocycles. The smallest absolute Gasteiger partial charge is 0.188 e. The molecule has 316 valence electrons. The van der Waals surface area contributed by atoms with Crippen LogP contribution in [-0.2, 0) is 14.3 Å². The van der Waals surface area contributed by atoms with Gasteiger partial charge in [-0.3, -0.25) is 9.59 Å². The van der Waals surface area contributed by atoms with Crippen molar-refractivity contribution in [2.24, 2.45) is 35.5 Å². The van der Waals surface area contributed by atoms with Crippen LogP contribution in [0.3, 0.4) is 0 Å². The first-order valence-electron chi connectivity index (χ1n) is 22.9. The van der Waals surface area contributed by atoms with E-state index >= 15 is 0 Å². The minimum Gasteiger partial charge on any atom is -0.378 e. The summed E-state index contributed by atoms with van der Waals surface area (Å²) >= 11 is 3.21.